The molecule has 2 nitrogen and oxygen atoms in total. The molecule has 0 aliphatic rings. The minimum absolute atomic E-state index is 0.0711. The molecule has 0 spiro atoms. The highest BCUT2D eigenvalue weighted by Crippen LogP contribution is 2.28. The van der Waals surface area contributed by atoms with E-state index < -0.39 is 18.6 Å². The van der Waals surface area contributed by atoms with Crippen LogP contribution < -0.4 is 11.3 Å². The van der Waals surface area contributed by atoms with Crippen molar-refractivity contribution in [3.63, 3.8) is 0 Å². The van der Waals surface area contributed by atoms with E-state index in [2.05, 4.69) is 5.43 Å². The van der Waals surface area contributed by atoms with Crippen LogP contribution in [0.15, 0.2) is 42.5 Å². The molecule has 0 aromatic heterocycles. The van der Waals surface area contributed by atoms with E-state index in [4.69, 9.17) is 5.84 Å². The summed E-state index contributed by atoms with van der Waals surface area (Å²) in [4.78, 5) is 0. The van der Waals surface area contributed by atoms with E-state index in [0.29, 0.717) is 0 Å². The summed E-state index contributed by atoms with van der Waals surface area (Å²) in [6.45, 7) is 0. The fraction of sp³-hybridized carbons (Fsp3) is 0.286. The van der Waals surface area contributed by atoms with Crippen molar-refractivity contribution in [1.29, 1.82) is 0 Å². The number of fused-ring (bicyclic) bond motifs is 1. The number of alkyl halides is 3. The van der Waals surface area contributed by atoms with Crippen LogP contribution >= 0.6 is 0 Å². The fourth-order valence-electron chi connectivity index (χ4n) is 2.08. The summed E-state index contributed by atoms with van der Waals surface area (Å²) in [5, 5.41) is 2.05. The van der Waals surface area contributed by atoms with Crippen molar-refractivity contribution >= 4 is 10.8 Å². The van der Waals surface area contributed by atoms with Gasteiger partial charge in [0, 0.05) is 12.5 Å². The van der Waals surface area contributed by atoms with Gasteiger partial charge in [-0.2, -0.15) is 13.2 Å². The summed E-state index contributed by atoms with van der Waals surface area (Å²) in [5.41, 5.74) is 3.22. The number of hydrogen-bond acceptors (Lipinski definition) is 2. The zero-order valence-corrected chi connectivity index (χ0v) is 10.2. The van der Waals surface area contributed by atoms with Gasteiger partial charge in [0.1, 0.15) is 0 Å². The van der Waals surface area contributed by atoms with Gasteiger partial charge >= 0.3 is 6.18 Å². The highest BCUT2D eigenvalue weighted by Gasteiger charge is 2.28. The molecular formula is C14H15F3N2. The van der Waals surface area contributed by atoms with E-state index in [1.165, 1.54) is 0 Å². The Kier molecular flexibility index (Phi) is 4.07. The zero-order chi connectivity index (χ0) is 13.9. The summed E-state index contributed by atoms with van der Waals surface area (Å²) in [6, 6.07) is 12.8. The number of halogens is 3. The molecule has 0 radical (unpaired) electrons. The van der Waals surface area contributed by atoms with E-state index >= 15 is 0 Å². The summed E-state index contributed by atoms with van der Waals surface area (Å²) >= 11 is 0. The lowest BCUT2D eigenvalue weighted by molar-refractivity contribution is -0.136. The van der Waals surface area contributed by atoms with Crippen LogP contribution in [-0.2, 0) is 0 Å². The molecule has 0 heterocycles. The second-order valence-corrected chi connectivity index (χ2v) is 4.48. The Hall–Kier alpha value is -1.59. The Morgan fingerprint density at radius 2 is 1.74 bits per heavy atom. The maximum atomic E-state index is 12.3. The lowest BCUT2D eigenvalue weighted by Crippen LogP contribution is -2.29. The van der Waals surface area contributed by atoms with Crippen molar-refractivity contribution in [2.24, 2.45) is 5.84 Å². The molecule has 0 fully saturated rings. The number of nitrogens with two attached hydrogens (primary N) is 1. The monoisotopic (exact) mass is 268 g/mol. The van der Waals surface area contributed by atoms with Gasteiger partial charge in [0.15, 0.2) is 0 Å². The number of benzene rings is 2. The average molecular weight is 268 g/mol. The lowest BCUT2D eigenvalue weighted by Gasteiger charge is -2.17. The summed E-state index contributed by atoms with van der Waals surface area (Å²) in [6.07, 6.45) is -5.08. The summed E-state index contributed by atoms with van der Waals surface area (Å²) in [5.74, 6) is 5.36. The summed E-state index contributed by atoms with van der Waals surface area (Å²) in [7, 11) is 0. The minimum atomic E-state index is -4.16. The first-order valence-corrected chi connectivity index (χ1v) is 6.01. The Labute approximate surface area is 109 Å². The molecule has 0 amide bonds. The van der Waals surface area contributed by atoms with Gasteiger partial charge in [0.05, 0.1) is 0 Å². The van der Waals surface area contributed by atoms with Gasteiger partial charge in [-0.25, -0.2) is 0 Å². The van der Waals surface area contributed by atoms with Crippen LogP contribution in [-0.4, -0.2) is 6.18 Å². The van der Waals surface area contributed by atoms with Crippen LogP contribution in [0.3, 0.4) is 0 Å². The van der Waals surface area contributed by atoms with Gasteiger partial charge in [-0.05, 0) is 28.8 Å². The third kappa shape index (κ3) is 3.68. The molecule has 2 rings (SSSR count). The van der Waals surface area contributed by atoms with E-state index in [-0.39, 0.29) is 6.42 Å². The highest BCUT2D eigenvalue weighted by molar-refractivity contribution is 5.83. The number of rotatable bonds is 4. The van der Waals surface area contributed by atoms with E-state index in [0.717, 1.165) is 16.3 Å². The highest BCUT2D eigenvalue weighted by atomic mass is 19.4. The van der Waals surface area contributed by atoms with Crippen LogP contribution in [0.4, 0.5) is 13.2 Å². The molecule has 2 aromatic carbocycles. The molecule has 0 bridgehead atoms. The smallest absolute Gasteiger partial charge is 0.271 e. The van der Waals surface area contributed by atoms with Crippen molar-refractivity contribution in [1.82, 2.24) is 5.43 Å². The molecule has 0 aliphatic heterocycles. The predicted octanol–water partition coefficient (Wildman–Crippen LogP) is 3.69. The molecule has 1 unspecified atom stereocenters. The first kappa shape index (κ1) is 13.8. The van der Waals surface area contributed by atoms with Gasteiger partial charge in [-0.15, -0.1) is 0 Å². The first-order valence-electron chi connectivity index (χ1n) is 6.01. The van der Waals surface area contributed by atoms with Gasteiger partial charge in [0.25, 0.3) is 0 Å². The predicted molar refractivity (Wildman–Crippen MR) is 69.3 cm³/mol. The maximum absolute atomic E-state index is 12.3. The molecular weight excluding hydrogens is 253 g/mol. The number of hydrogen-bond donors (Lipinski definition) is 2. The topological polar surface area (TPSA) is 38.0 Å². The van der Waals surface area contributed by atoms with Crippen LogP contribution in [0.5, 0.6) is 0 Å². The molecule has 2 aromatic rings. The normalized spacial score (nSPS) is 13.7. The second kappa shape index (κ2) is 5.59. The largest absolute Gasteiger partial charge is 0.389 e. The molecule has 5 heteroatoms. The van der Waals surface area contributed by atoms with Crippen molar-refractivity contribution in [3.8, 4) is 0 Å². The van der Waals surface area contributed by atoms with E-state index in [9.17, 15) is 13.2 Å². The second-order valence-electron chi connectivity index (χ2n) is 4.48. The Morgan fingerprint density at radius 1 is 1.05 bits per heavy atom. The van der Waals surface area contributed by atoms with E-state index in [1.54, 1.807) is 0 Å². The molecule has 19 heavy (non-hydrogen) atoms. The number of hydrazine groups is 1. The van der Waals surface area contributed by atoms with Crippen LogP contribution in [0.25, 0.3) is 10.8 Å². The maximum Gasteiger partial charge on any atom is 0.389 e. The van der Waals surface area contributed by atoms with Crippen molar-refractivity contribution in [2.45, 2.75) is 25.1 Å². The lowest BCUT2D eigenvalue weighted by atomic mass is 9.99. The van der Waals surface area contributed by atoms with Gasteiger partial charge in [-0.1, -0.05) is 36.4 Å². The van der Waals surface area contributed by atoms with Crippen molar-refractivity contribution in [3.05, 3.63) is 48.0 Å². The Morgan fingerprint density at radius 3 is 2.37 bits per heavy atom. The van der Waals surface area contributed by atoms with Crippen LogP contribution in [0, 0.1) is 0 Å². The molecule has 0 saturated carbocycles. The van der Waals surface area contributed by atoms with Gasteiger partial charge in [0.2, 0.25) is 0 Å². The molecule has 0 aliphatic carbocycles. The van der Waals surface area contributed by atoms with Crippen LogP contribution in [0.2, 0.25) is 0 Å². The van der Waals surface area contributed by atoms with Gasteiger partial charge < -0.3 is 0 Å². The Bertz CT molecular complexity index is 552. The quantitative estimate of drug-likeness (QED) is 0.655. The zero-order valence-electron chi connectivity index (χ0n) is 10.2. The first-order chi connectivity index (χ1) is 8.99. The van der Waals surface area contributed by atoms with E-state index in [1.807, 2.05) is 42.5 Å². The van der Waals surface area contributed by atoms with Crippen LogP contribution in [0.1, 0.15) is 24.4 Å². The summed E-state index contributed by atoms with van der Waals surface area (Å²) < 4.78 is 36.8. The Balaban J connectivity index is 2.20. The average Bonchev–Trinajstić information content (AvgIpc) is 2.38. The number of nitrogens with one attached hydrogen (secondary N) is 1. The molecule has 3 N–H and O–H groups in total. The third-order valence-electron chi connectivity index (χ3n) is 3.09. The molecule has 0 saturated heterocycles. The molecule has 1 atom stereocenters. The van der Waals surface area contributed by atoms with Gasteiger partial charge in [-0.3, -0.25) is 11.3 Å². The third-order valence-corrected chi connectivity index (χ3v) is 3.09. The standard InChI is InChI=1S/C14H15F3N2/c15-14(16,17)8-7-13(19-18)12-6-5-10-3-1-2-4-11(10)9-12/h1-6,9,13,19H,7-8,18H2. The van der Waals surface area contributed by atoms with Crippen molar-refractivity contribution in [2.75, 3.05) is 0 Å². The molecule has 102 valence electrons. The fourth-order valence-corrected chi connectivity index (χ4v) is 2.08. The minimum Gasteiger partial charge on any atom is -0.271 e. The SMILES string of the molecule is NNC(CCC(F)(F)F)c1ccc2ccccc2c1. The van der Waals surface area contributed by atoms with Crippen molar-refractivity contribution < 1.29 is 13.2 Å².